The molecule has 1 saturated carbocycles. The van der Waals surface area contributed by atoms with Crippen molar-refractivity contribution in [3.05, 3.63) is 0 Å². The maximum absolute atomic E-state index is 12.3. The summed E-state index contributed by atoms with van der Waals surface area (Å²) >= 11 is 0. The van der Waals surface area contributed by atoms with Gasteiger partial charge in [-0.3, -0.25) is 4.79 Å². The van der Waals surface area contributed by atoms with Gasteiger partial charge in [0.05, 0.1) is 0 Å². The summed E-state index contributed by atoms with van der Waals surface area (Å²) in [6.07, 6.45) is 4.33. The Morgan fingerprint density at radius 3 is 2.15 bits per heavy atom. The fraction of sp³-hybridized carbons (Fsp3) is 0.867. The molecule has 0 radical (unpaired) electrons. The molecule has 2 fully saturated rings. The normalized spacial score (nSPS) is 22.3. The van der Waals surface area contributed by atoms with Crippen LogP contribution in [-0.2, 0) is 9.53 Å². The fourth-order valence-electron chi connectivity index (χ4n) is 2.70. The van der Waals surface area contributed by atoms with E-state index >= 15 is 0 Å². The second kappa shape index (κ2) is 5.26. The first-order valence-electron chi connectivity index (χ1n) is 7.49. The highest BCUT2D eigenvalue weighted by atomic mass is 16.6. The van der Waals surface area contributed by atoms with Gasteiger partial charge in [0.25, 0.3) is 0 Å². The van der Waals surface area contributed by atoms with E-state index in [2.05, 4.69) is 5.32 Å². The summed E-state index contributed by atoms with van der Waals surface area (Å²) in [7, 11) is 0. The number of nitrogens with one attached hydrogen (secondary N) is 1. The summed E-state index contributed by atoms with van der Waals surface area (Å²) in [6.45, 7) is 8.77. The van der Waals surface area contributed by atoms with Gasteiger partial charge in [0.15, 0.2) is 0 Å². The third-order valence-corrected chi connectivity index (χ3v) is 4.20. The third-order valence-electron chi connectivity index (χ3n) is 4.20. The lowest BCUT2D eigenvalue weighted by Gasteiger charge is -2.34. The standard InChI is InChI=1S/C15H26N2O3/c1-11(16-13(19)20-14(2,3)4)12(18)17-9-7-15(5-6-15)8-10-17/h11H,5-10H2,1-4H3,(H,16,19)/t11-/m1/s1. The first-order valence-corrected chi connectivity index (χ1v) is 7.49. The number of carbonyl (C=O) groups is 2. The molecule has 1 N–H and O–H groups in total. The maximum Gasteiger partial charge on any atom is 0.408 e. The fourth-order valence-corrected chi connectivity index (χ4v) is 2.70. The van der Waals surface area contributed by atoms with Gasteiger partial charge in [-0.25, -0.2) is 4.79 Å². The van der Waals surface area contributed by atoms with Crippen LogP contribution in [0.15, 0.2) is 0 Å². The van der Waals surface area contributed by atoms with Crippen molar-refractivity contribution in [2.24, 2.45) is 5.41 Å². The van der Waals surface area contributed by atoms with E-state index in [1.54, 1.807) is 27.7 Å². The number of rotatable bonds is 2. The summed E-state index contributed by atoms with van der Waals surface area (Å²) in [4.78, 5) is 25.8. The Labute approximate surface area is 121 Å². The van der Waals surface area contributed by atoms with Crippen LogP contribution in [0.5, 0.6) is 0 Å². The van der Waals surface area contributed by atoms with Crippen molar-refractivity contribution in [2.45, 2.75) is 65.0 Å². The highest BCUT2D eigenvalue weighted by Gasteiger charge is 2.45. The van der Waals surface area contributed by atoms with Gasteiger partial charge in [0, 0.05) is 13.1 Å². The molecule has 1 spiro atoms. The van der Waals surface area contributed by atoms with E-state index in [1.165, 1.54) is 12.8 Å². The van der Waals surface area contributed by atoms with E-state index in [9.17, 15) is 9.59 Å². The molecule has 114 valence electrons. The molecule has 20 heavy (non-hydrogen) atoms. The van der Waals surface area contributed by atoms with Crippen LogP contribution in [0, 0.1) is 5.41 Å². The van der Waals surface area contributed by atoms with Crippen LogP contribution in [-0.4, -0.2) is 41.6 Å². The molecule has 2 rings (SSSR count). The molecular formula is C15H26N2O3. The lowest BCUT2D eigenvalue weighted by atomic mass is 9.93. The van der Waals surface area contributed by atoms with Crippen molar-refractivity contribution in [1.29, 1.82) is 0 Å². The predicted molar refractivity (Wildman–Crippen MR) is 76.3 cm³/mol. The van der Waals surface area contributed by atoms with Crippen molar-refractivity contribution in [3.63, 3.8) is 0 Å². The smallest absolute Gasteiger partial charge is 0.408 e. The molecule has 0 aromatic heterocycles. The van der Waals surface area contributed by atoms with Gasteiger partial charge in [0.1, 0.15) is 11.6 Å². The van der Waals surface area contributed by atoms with Crippen LogP contribution in [0.3, 0.4) is 0 Å². The lowest BCUT2D eigenvalue weighted by molar-refractivity contribution is -0.134. The minimum atomic E-state index is -0.545. The first kappa shape index (κ1) is 15.1. The van der Waals surface area contributed by atoms with Crippen molar-refractivity contribution in [2.75, 3.05) is 13.1 Å². The third kappa shape index (κ3) is 3.87. The molecule has 0 aromatic carbocycles. The van der Waals surface area contributed by atoms with Gasteiger partial charge in [-0.1, -0.05) is 0 Å². The number of piperidine rings is 1. The molecule has 1 atom stereocenters. The van der Waals surface area contributed by atoms with E-state index in [1.807, 2.05) is 4.90 Å². The molecule has 0 aromatic rings. The molecular weight excluding hydrogens is 256 g/mol. The highest BCUT2D eigenvalue weighted by molar-refractivity contribution is 5.85. The number of amides is 2. The predicted octanol–water partition coefficient (Wildman–Crippen LogP) is 2.30. The van der Waals surface area contributed by atoms with Gasteiger partial charge in [-0.05, 0) is 58.8 Å². The molecule has 1 aliphatic carbocycles. The second-order valence-electron chi connectivity index (χ2n) is 7.19. The van der Waals surface area contributed by atoms with Crippen LogP contribution in [0.2, 0.25) is 0 Å². The Hall–Kier alpha value is -1.26. The Morgan fingerprint density at radius 1 is 1.15 bits per heavy atom. The van der Waals surface area contributed by atoms with E-state index in [0.29, 0.717) is 5.41 Å². The molecule has 0 bridgehead atoms. The zero-order valence-electron chi connectivity index (χ0n) is 13.0. The van der Waals surface area contributed by atoms with Crippen molar-refractivity contribution < 1.29 is 14.3 Å². The topological polar surface area (TPSA) is 58.6 Å². The van der Waals surface area contributed by atoms with E-state index in [4.69, 9.17) is 4.74 Å². The summed E-state index contributed by atoms with van der Waals surface area (Å²) < 4.78 is 5.17. The summed E-state index contributed by atoms with van der Waals surface area (Å²) in [5.74, 6) is -0.00800. The number of likely N-dealkylation sites (tertiary alicyclic amines) is 1. The number of alkyl carbamates (subject to hydrolysis) is 1. The van der Waals surface area contributed by atoms with Crippen LogP contribution in [0.25, 0.3) is 0 Å². The molecule has 2 aliphatic rings. The SMILES string of the molecule is C[C@@H](NC(=O)OC(C)(C)C)C(=O)N1CCC2(CC1)CC2. The minimum absolute atomic E-state index is 0.00800. The zero-order valence-corrected chi connectivity index (χ0v) is 13.0. The molecule has 1 saturated heterocycles. The van der Waals surface area contributed by atoms with E-state index < -0.39 is 17.7 Å². The number of hydrogen-bond acceptors (Lipinski definition) is 3. The number of hydrogen-bond donors (Lipinski definition) is 1. The summed E-state index contributed by atoms with van der Waals surface area (Å²) in [5, 5.41) is 2.62. The average molecular weight is 282 g/mol. The Morgan fingerprint density at radius 2 is 1.70 bits per heavy atom. The average Bonchev–Trinajstić information content (AvgIpc) is 3.06. The van der Waals surface area contributed by atoms with Gasteiger partial charge in [-0.15, -0.1) is 0 Å². The zero-order chi connectivity index (χ0) is 15.0. The van der Waals surface area contributed by atoms with Crippen molar-refractivity contribution in [1.82, 2.24) is 10.2 Å². The lowest BCUT2D eigenvalue weighted by Crippen LogP contribution is -2.50. The molecule has 2 amide bonds. The number of ether oxygens (including phenoxy) is 1. The molecule has 5 nitrogen and oxygen atoms in total. The number of carbonyl (C=O) groups excluding carboxylic acids is 2. The van der Waals surface area contributed by atoms with Gasteiger partial charge >= 0.3 is 6.09 Å². The first-order chi connectivity index (χ1) is 9.21. The molecule has 5 heteroatoms. The van der Waals surface area contributed by atoms with Gasteiger partial charge < -0.3 is 15.0 Å². The van der Waals surface area contributed by atoms with Crippen molar-refractivity contribution >= 4 is 12.0 Å². The Kier molecular flexibility index (Phi) is 3.98. The number of nitrogens with zero attached hydrogens (tertiary/aromatic N) is 1. The molecule has 1 heterocycles. The Balaban J connectivity index is 1.78. The quantitative estimate of drug-likeness (QED) is 0.845. The van der Waals surface area contributed by atoms with Crippen molar-refractivity contribution in [3.8, 4) is 0 Å². The summed E-state index contributed by atoms with van der Waals surface area (Å²) in [6, 6.07) is -0.530. The minimum Gasteiger partial charge on any atom is -0.444 e. The van der Waals surface area contributed by atoms with Crippen LogP contribution in [0.4, 0.5) is 4.79 Å². The molecule has 0 unspecified atom stereocenters. The maximum atomic E-state index is 12.3. The largest absolute Gasteiger partial charge is 0.444 e. The highest BCUT2D eigenvalue weighted by Crippen LogP contribution is 2.53. The van der Waals surface area contributed by atoms with E-state index in [-0.39, 0.29) is 5.91 Å². The van der Waals surface area contributed by atoms with Gasteiger partial charge in [0.2, 0.25) is 5.91 Å². The summed E-state index contributed by atoms with van der Waals surface area (Å²) in [5.41, 5.74) is 0.00887. The van der Waals surface area contributed by atoms with Crippen LogP contribution in [0.1, 0.15) is 53.4 Å². The van der Waals surface area contributed by atoms with Crippen LogP contribution >= 0.6 is 0 Å². The van der Waals surface area contributed by atoms with E-state index in [0.717, 1.165) is 25.9 Å². The Bertz CT molecular complexity index is 386. The monoisotopic (exact) mass is 282 g/mol. The second-order valence-corrected chi connectivity index (χ2v) is 7.19. The molecule has 1 aliphatic heterocycles. The van der Waals surface area contributed by atoms with Gasteiger partial charge in [-0.2, -0.15) is 0 Å². The van der Waals surface area contributed by atoms with Crippen LogP contribution < -0.4 is 5.32 Å².